The number of halogens is 1. The van der Waals surface area contributed by atoms with Crippen LogP contribution in [-0.2, 0) is 0 Å². The highest BCUT2D eigenvalue weighted by atomic mass is 79.9. The zero-order chi connectivity index (χ0) is 17.1. The van der Waals surface area contributed by atoms with Crippen molar-refractivity contribution in [3.05, 3.63) is 51.1 Å². The van der Waals surface area contributed by atoms with E-state index in [4.69, 9.17) is 0 Å². The Labute approximate surface area is 158 Å². The molecule has 0 atom stereocenters. The molecule has 1 aromatic carbocycles. The maximum atomic E-state index is 12.2. The molecule has 2 heterocycles. The van der Waals surface area contributed by atoms with E-state index < -0.39 is 0 Å². The molecule has 0 amide bonds. The molecule has 0 spiro atoms. The van der Waals surface area contributed by atoms with E-state index in [0.29, 0.717) is 6.42 Å². The molecule has 0 saturated carbocycles. The zero-order valence-corrected chi connectivity index (χ0v) is 16.7. The van der Waals surface area contributed by atoms with Crippen molar-refractivity contribution in [1.82, 2.24) is 9.97 Å². The molecule has 0 bridgehead atoms. The number of thiophene rings is 1. The molecule has 0 saturated heterocycles. The highest BCUT2D eigenvalue weighted by Crippen LogP contribution is 2.34. The highest BCUT2D eigenvalue weighted by molar-refractivity contribution is 9.10. The number of rotatable bonds is 6. The molecule has 0 aliphatic heterocycles. The molecule has 0 aliphatic carbocycles. The Bertz CT molecular complexity index is 875. The fraction of sp³-hybridized carbons (Fsp3) is 0.278. The van der Waals surface area contributed by atoms with E-state index in [-0.39, 0.29) is 5.78 Å². The summed E-state index contributed by atoms with van der Waals surface area (Å²) in [5.41, 5.74) is 2.04. The number of aryl methyl sites for hydroxylation is 2. The fourth-order valence-corrected chi connectivity index (χ4v) is 4.76. The summed E-state index contributed by atoms with van der Waals surface area (Å²) in [4.78, 5) is 23.3. The summed E-state index contributed by atoms with van der Waals surface area (Å²) in [7, 11) is 0. The molecule has 0 N–H and O–H groups in total. The topological polar surface area (TPSA) is 42.9 Å². The van der Waals surface area contributed by atoms with Crippen LogP contribution < -0.4 is 0 Å². The Morgan fingerprint density at radius 3 is 2.71 bits per heavy atom. The molecule has 3 nitrogen and oxygen atoms in total. The third-order valence-corrected chi connectivity index (χ3v) is 6.60. The summed E-state index contributed by atoms with van der Waals surface area (Å²) in [5, 5.41) is 2.20. The van der Waals surface area contributed by atoms with Gasteiger partial charge in [-0.2, -0.15) is 0 Å². The largest absolute Gasteiger partial charge is 0.294 e. The first kappa shape index (κ1) is 17.6. The van der Waals surface area contributed by atoms with E-state index in [2.05, 4.69) is 39.7 Å². The molecule has 6 heteroatoms. The number of nitrogens with zero attached hydrogens (tertiary/aromatic N) is 2. The van der Waals surface area contributed by atoms with Crippen molar-refractivity contribution < 1.29 is 4.79 Å². The Kier molecular flexibility index (Phi) is 5.69. The Morgan fingerprint density at radius 2 is 1.96 bits per heavy atom. The van der Waals surface area contributed by atoms with Crippen LogP contribution in [-0.4, -0.2) is 21.5 Å². The number of carbonyl (C=O) groups excluding carboxylic acids is 1. The first-order valence-electron chi connectivity index (χ1n) is 7.68. The molecule has 3 rings (SSSR count). The van der Waals surface area contributed by atoms with Crippen LogP contribution in [0, 0.1) is 13.8 Å². The second kappa shape index (κ2) is 7.76. The van der Waals surface area contributed by atoms with Gasteiger partial charge in [0.05, 0.1) is 0 Å². The van der Waals surface area contributed by atoms with E-state index in [1.165, 1.54) is 15.8 Å². The lowest BCUT2D eigenvalue weighted by atomic mass is 10.1. The number of ketones is 1. The monoisotopic (exact) mass is 420 g/mol. The molecular weight excluding hydrogens is 404 g/mol. The molecule has 0 aliphatic rings. The van der Waals surface area contributed by atoms with Gasteiger partial charge in [-0.25, -0.2) is 9.97 Å². The van der Waals surface area contributed by atoms with E-state index in [1.54, 1.807) is 29.4 Å². The first-order valence-corrected chi connectivity index (χ1v) is 10.3. The van der Waals surface area contributed by atoms with Crippen LogP contribution >= 0.6 is 39.0 Å². The lowest BCUT2D eigenvalue weighted by Crippen LogP contribution is -1.99. The van der Waals surface area contributed by atoms with Gasteiger partial charge in [-0.05, 0) is 43.7 Å². The third-order valence-electron chi connectivity index (χ3n) is 3.88. The van der Waals surface area contributed by atoms with Gasteiger partial charge in [-0.1, -0.05) is 28.1 Å². The minimum atomic E-state index is 0.193. The summed E-state index contributed by atoms with van der Waals surface area (Å²) in [6, 6.07) is 7.54. The number of hydrogen-bond donors (Lipinski definition) is 0. The van der Waals surface area contributed by atoms with Crippen LogP contribution in [0.25, 0.3) is 10.2 Å². The maximum absolute atomic E-state index is 12.2. The number of fused-ring (bicyclic) bond motifs is 1. The SMILES string of the molecule is Cc1sc2ncnc(SCCCC(=O)c3ccc(Br)cc3)c2c1C. The van der Waals surface area contributed by atoms with Crippen LogP contribution in [0.3, 0.4) is 0 Å². The van der Waals surface area contributed by atoms with E-state index in [1.807, 2.05) is 24.3 Å². The lowest BCUT2D eigenvalue weighted by molar-refractivity contribution is 0.0982. The average molecular weight is 421 g/mol. The molecule has 2 aromatic heterocycles. The van der Waals surface area contributed by atoms with Gasteiger partial charge in [0.15, 0.2) is 5.78 Å². The van der Waals surface area contributed by atoms with Gasteiger partial charge in [0.25, 0.3) is 0 Å². The van der Waals surface area contributed by atoms with Crippen molar-refractivity contribution in [2.45, 2.75) is 31.7 Å². The van der Waals surface area contributed by atoms with Crippen LogP contribution in [0.15, 0.2) is 40.1 Å². The Morgan fingerprint density at radius 1 is 1.21 bits per heavy atom. The number of benzene rings is 1. The summed E-state index contributed by atoms with van der Waals surface area (Å²) in [6.45, 7) is 4.24. The summed E-state index contributed by atoms with van der Waals surface area (Å²) in [6.07, 6.45) is 3.03. The van der Waals surface area contributed by atoms with Gasteiger partial charge in [0.2, 0.25) is 0 Å². The van der Waals surface area contributed by atoms with Crippen LogP contribution in [0.2, 0.25) is 0 Å². The van der Waals surface area contributed by atoms with Gasteiger partial charge < -0.3 is 0 Å². The minimum Gasteiger partial charge on any atom is -0.294 e. The number of hydrogen-bond acceptors (Lipinski definition) is 5. The fourth-order valence-electron chi connectivity index (χ4n) is 2.44. The number of carbonyl (C=O) groups is 1. The van der Waals surface area contributed by atoms with Crippen molar-refractivity contribution in [3.63, 3.8) is 0 Å². The van der Waals surface area contributed by atoms with Gasteiger partial charge in [0, 0.05) is 26.7 Å². The van der Waals surface area contributed by atoms with Gasteiger partial charge in [-0.15, -0.1) is 23.1 Å². The number of Topliss-reactive ketones (excluding diaryl/α,β-unsaturated/α-hetero) is 1. The standard InChI is InChI=1S/C18H17BrN2OS2/c1-11-12(2)24-18-16(11)17(20-10-21-18)23-9-3-4-15(22)13-5-7-14(19)8-6-13/h5-8,10H,3-4,9H2,1-2H3. The smallest absolute Gasteiger partial charge is 0.162 e. The van der Waals surface area contributed by atoms with Crippen molar-refractivity contribution in [3.8, 4) is 0 Å². The van der Waals surface area contributed by atoms with Crippen molar-refractivity contribution in [1.29, 1.82) is 0 Å². The second-order valence-electron chi connectivity index (χ2n) is 5.52. The predicted molar refractivity (Wildman–Crippen MR) is 105 cm³/mol. The normalized spacial score (nSPS) is 11.1. The van der Waals surface area contributed by atoms with E-state index in [9.17, 15) is 4.79 Å². The van der Waals surface area contributed by atoms with Crippen LogP contribution in [0.1, 0.15) is 33.6 Å². The van der Waals surface area contributed by atoms with E-state index >= 15 is 0 Å². The van der Waals surface area contributed by atoms with Gasteiger partial charge >= 0.3 is 0 Å². The van der Waals surface area contributed by atoms with Crippen LogP contribution in [0.4, 0.5) is 0 Å². The first-order chi connectivity index (χ1) is 11.6. The third kappa shape index (κ3) is 3.87. The quantitative estimate of drug-likeness (QED) is 0.218. The molecule has 3 aromatic rings. The summed E-state index contributed by atoms with van der Waals surface area (Å²) < 4.78 is 0.990. The summed E-state index contributed by atoms with van der Waals surface area (Å²) in [5.74, 6) is 1.07. The van der Waals surface area contributed by atoms with Crippen LogP contribution in [0.5, 0.6) is 0 Å². The van der Waals surface area contributed by atoms with Gasteiger partial charge in [0.1, 0.15) is 16.2 Å². The second-order valence-corrected chi connectivity index (χ2v) is 8.73. The average Bonchev–Trinajstić information content (AvgIpc) is 2.87. The number of thioether (sulfide) groups is 1. The molecule has 0 fully saturated rings. The van der Waals surface area contributed by atoms with Crippen molar-refractivity contribution >= 4 is 55.0 Å². The Balaban J connectivity index is 1.59. The van der Waals surface area contributed by atoms with Gasteiger partial charge in [-0.3, -0.25) is 4.79 Å². The Hall–Kier alpha value is -1.24. The molecule has 24 heavy (non-hydrogen) atoms. The summed E-state index contributed by atoms with van der Waals surface area (Å²) >= 11 is 6.81. The molecule has 0 unspecified atom stereocenters. The zero-order valence-electron chi connectivity index (χ0n) is 13.5. The lowest BCUT2D eigenvalue weighted by Gasteiger charge is -2.04. The highest BCUT2D eigenvalue weighted by Gasteiger charge is 2.12. The molecule has 124 valence electrons. The minimum absolute atomic E-state index is 0.193. The van der Waals surface area contributed by atoms with E-state index in [0.717, 1.165) is 32.1 Å². The van der Waals surface area contributed by atoms with Crippen molar-refractivity contribution in [2.24, 2.45) is 0 Å². The van der Waals surface area contributed by atoms with Crippen molar-refractivity contribution in [2.75, 3.05) is 5.75 Å². The maximum Gasteiger partial charge on any atom is 0.162 e. The number of aromatic nitrogens is 2. The predicted octanol–water partition coefficient (Wildman–Crippen LogP) is 5.83. The molecular formula is C18H17BrN2OS2. The molecule has 0 radical (unpaired) electrons.